The minimum atomic E-state index is -0.310. The Morgan fingerprint density at radius 3 is 2.25 bits per heavy atom. The lowest BCUT2D eigenvalue weighted by Gasteiger charge is -2.19. The third kappa shape index (κ3) is 3.91. The lowest BCUT2D eigenvalue weighted by Crippen LogP contribution is -2.04. The maximum atomic E-state index is 14.8. The Morgan fingerprint density at radius 2 is 1.54 bits per heavy atom. The summed E-state index contributed by atoms with van der Waals surface area (Å²) >= 11 is 0. The van der Waals surface area contributed by atoms with Crippen LogP contribution in [0.1, 0.15) is 42.0 Å². The van der Waals surface area contributed by atoms with Gasteiger partial charge in [-0.05, 0) is 83.3 Å². The van der Waals surface area contributed by atoms with E-state index in [2.05, 4.69) is 37.3 Å². The molecule has 0 saturated carbocycles. The first-order valence-corrected chi connectivity index (χ1v) is 9.99. The molecule has 0 bridgehead atoms. The van der Waals surface area contributed by atoms with Crippen LogP contribution in [0.15, 0.2) is 66.7 Å². The molecule has 2 heteroatoms. The minimum Gasteiger partial charge on any atom is -0.207 e. The molecule has 1 aliphatic carbocycles. The lowest BCUT2D eigenvalue weighted by atomic mass is 9.86. The Bertz CT molecular complexity index is 996. The van der Waals surface area contributed by atoms with Crippen LogP contribution in [0.4, 0.5) is 8.78 Å². The highest BCUT2D eigenvalue weighted by Crippen LogP contribution is 2.33. The molecule has 4 rings (SSSR count). The van der Waals surface area contributed by atoms with Gasteiger partial charge >= 0.3 is 0 Å². The van der Waals surface area contributed by atoms with Gasteiger partial charge in [0.1, 0.15) is 11.6 Å². The van der Waals surface area contributed by atoms with Gasteiger partial charge in [0.2, 0.25) is 0 Å². The van der Waals surface area contributed by atoms with Gasteiger partial charge in [-0.15, -0.1) is 0 Å². The van der Waals surface area contributed by atoms with E-state index in [0.29, 0.717) is 11.1 Å². The third-order valence-electron chi connectivity index (χ3n) is 5.54. The topological polar surface area (TPSA) is 0 Å². The zero-order chi connectivity index (χ0) is 19.5. The summed E-state index contributed by atoms with van der Waals surface area (Å²) in [6.45, 7) is 2.21. The van der Waals surface area contributed by atoms with E-state index >= 15 is 0 Å². The van der Waals surface area contributed by atoms with Crippen molar-refractivity contribution in [1.29, 1.82) is 0 Å². The van der Waals surface area contributed by atoms with Crippen LogP contribution in [0.5, 0.6) is 0 Å². The number of rotatable bonds is 5. The van der Waals surface area contributed by atoms with Gasteiger partial charge in [-0.3, -0.25) is 0 Å². The molecule has 0 amide bonds. The Hall–Kier alpha value is -2.74. The molecule has 142 valence electrons. The van der Waals surface area contributed by atoms with Crippen molar-refractivity contribution >= 4 is 5.57 Å². The number of halogens is 2. The average molecular weight is 374 g/mol. The van der Waals surface area contributed by atoms with Gasteiger partial charge in [0.15, 0.2) is 0 Å². The predicted molar refractivity (Wildman–Crippen MR) is 112 cm³/mol. The van der Waals surface area contributed by atoms with Gasteiger partial charge in [0.25, 0.3) is 0 Å². The maximum Gasteiger partial charge on any atom is 0.131 e. The summed E-state index contributed by atoms with van der Waals surface area (Å²) in [6.07, 6.45) is 7.31. The van der Waals surface area contributed by atoms with Crippen molar-refractivity contribution in [2.75, 3.05) is 0 Å². The highest BCUT2D eigenvalue weighted by Gasteiger charge is 2.17. The first kappa shape index (κ1) is 18.6. The number of hydrogen-bond donors (Lipinski definition) is 0. The summed E-state index contributed by atoms with van der Waals surface area (Å²) in [5.74, 6) is -0.558. The van der Waals surface area contributed by atoms with Gasteiger partial charge in [-0.25, -0.2) is 8.78 Å². The largest absolute Gasteiger partial charge is 0.207 e. The molecule has 0 spiro atoms. The van der Waals surface area contributed by atoms with Crippen LogP contribution in [-0.4, -0.2) is 0 Å². The molecule has 0 heterocycles. The molecule has 0 saturated heterocycles. The first-order valence-electron chi connectivity index (χ1n) is 9.99. The summed E-state index contributed by atoms with van der Waals surface area (Å²) in [5.41, 5.74) is 7.27. The SMILES string of the molecule is CCCCc1ccc(C2=CCc3cc(-c4ccc(F)cc4)c(F)cc3C2)cc1. The zero-order valence-electron chi connectivity index (χ0n) is 16.1. The molecule has 0 nitrogen and oxygen atoms in total. The summed E-state index contributed by atoms with van der Waals surface area (Å²) < 4.78 is 27.9. The van der Waals surface area contributed by atoms with Crippen LogP contribution in [0.25, 0.3) is 16.7 Å². The number of hydrogen-bond acceptors (Lipinski definition) is 0. The van der Waals surface area contributed by atoms with E-state index in [1.54, 1.807) is 18.2 Å². The Labute approximate surface area is 165 Å². The van der Waals surface area contributed by atoms with Crippen molar-refractivity contribution < 1.29 is 8.78 Å². The number of allylic oxidation sites excluding steroid dienone is 2. The minimum absolute atomic E-state index is 0.249. The fourth-order valence-electron chi connectivity index (χ4n) is 3.86. The molecule has 0 unspecified atom stereocenters. The lowest BCUT2D eigenvalue weighted by molar-refractivity contribution is 0.624. The van der Waals surface area contributed by atoms with E-state index in [4.69, 9.17) is 0 Å². The zero-order valence-corrected chi connectivity index (χ0v) is 16.1. The van der Waals surface area contributed by atoms with E-state index in [9.17, 15) is 8.78 Å². The van der Waals surface area contributed by atoms with E-state index in [-0.39, 0.29) is 11.6 Å². The normalized spacial score (nSPS) is 13.2. The fraction of sp³-hybridized carbons (Fsp3) is 0.231. The van der Waals surface area contributed by atoms with Crippen molar-refractivity contribution in [1.82, 2.24) is 0 Å². The fourth-order valence-corrected chi connectivity index (χ4v) is 3.86. The molecule has 0 atom stereocenters. The molecule has 3 aromatic carbocycles. The van der Waals surface area contributed by atoms with E-state index < -0.39 is 0 Å². The van der Waals surface area contributed by atoms with Gasteiger partial charge in [-0.2, -0.15) is 0 Å². The molecular weight excluding hydrogens is 350 g/mol. The second-order valence-electron chi connectivity index (χ2n) is 7.52. The first-order chi connectivity index (χ1) is 13.6. The maximum absolute atomic E-state index is 14.8. The summed E-state index contributed by atoms with van der Waals surface area (Å²) in [4.78, 5) is 0. The highest BCUT2D eigenvalue weighted by atomic mass is 19.1. The molecule has 0 aliphatic heterocycles. The second kappa shape index (κ2) is 8.10. The predicted octanol–water partition coefficient (Wildman–Crippen LogP) is 7.16. The van der Waals surface area contributed by atoms with E-state index in [1.165, 1.54) is 41.7 Å². The van der Waals surface area contributed by atoms with Gasteiger partial charge in [0, 0.05) is 5.56 Å². The highest BCUT2D eigenvalue weighted by molar-refractivity contribution is 5.73. The van der Waals surface area contributed by atoms with Crippen molar-refractivity contribution in [3.8, 4) is 11.1 Å². The quantitative estimate of drug-likeness (QED) is 0.444. The summed E-state index contributed by atoms with van der Waals surface area (Å²) in [6, 6.07) is 18.4. The Kier molecular flexibility index (Phi) is 5.38. The third-order valence-corrected chi connectivity index (χ3v) is 5.54. The van der Waals surface area contributed by atoms with Crippen LogP contribution in [-0.2, 0) is 19.3 Å². The molecule has 1 aliphatic rings. The van der Waals surface area contributed by atoms with Crippen LogP contribution >= 0.6 is 0 Å². The Balaban J connectivity index is 1.57. The molecule has 0 aromatic heterocycles. The molecular formula is C26H24F2. The Morgan fingerprint density at radius 1 is 0.821 bits per heavy atom. The summed E-state index contributed by atoms with van der Waals surface area (Å²) in [5, 5.41) is 0. The van der Waals surface area contributed by atoms with Crippen LogP contribution in [0.2, 0.25) is 0 Å². The van der Waals surface area contributed by atoms with Crippen LogP contribution < -0.4 is 0 Å². The molecule has 0 radical (unpaired) electrons. The monoisotopic (exact) mass is 374 g/mol. The molecule has 0 N–H and O–H groups in total. The molecule has 28 heavy (non-hydrogen) atoms. The average Bonchev–Trinajstić information content (AvgIpc) is 2.72. The van der Waals surface area contributed by atoms with Crippen molar-refractivity contribution in [3.63, 3.8) is 0 Å². The molecule has 3 aromatic rings. The van der Waals surface area contributed by atoms with Crippen LogP contribution in [0, 0.1) is 11.6 Å². The van der Waals surface area contributed by atoms with E-state index in [1.807, 2.05) is 6.07 Å². The van der Waals surface area contributed by atoms with Gasteiger partial charge in [-0.1, -0.05) is 55.8 Å². The number of aryl methyl sites for hydroxylation is 1. The van der Waals surface area contributed by atoms with Crippen molar-refractivity contribution in [3.05, 3.63) is 101 Å². The smallest absolute Gasteiger partial charge is 0.131 e. The van der Waals surface area contributed by atoms with Gasteiger partial charge in [0.05, 0.1) is 0 Å². The van der Waals surface area contributed by atoms with Crippen molar-refractivity contribution in [2.45, 2.75) is 39.0 Å². The standard InChI is InChI=1S/C26H24F2/c1-2-3-4-18-5-7-19(8-6-18)21-9-10-22-16-25(26(28)17-23(22)15-21)20-11-13-24(27)14-12-20/h5-9,11-14,16-17H,2-4,10,15H2,1H3. The molecule has 0 fully saturated rings. The number of benzene rings is 3. The van der Waals surface area contributed by atoms with Crippen LogP contribution in [0.3, 0.4) is 0 Å². The van der Waals surface area contributed by atoms with Crippen molar-refractivity contribution in [2.24, 2.45) is 0 Å². The second-order valence-corrected chi connectivity index (χ2v) is 7.52. The number of unbranched alkanes of at least 4 members (excludes halogenated alkanes) is 1. The van der Waals surface area contributed by atoms with Gasteiger partial charge < -0.3 is 0 Å². The van der Waals surface area contributed by atoms with E-state index in [0.717, 1.165) is 30.4 Å². The summed E-state index contributed by atoms with van der Waals surface area (Å²) in [7, 11) is 0. The number of fused-ring (bicyclic) bond motifs is 1.